The lowest BCUT2D eigenvalue weighted by molar-refractivity contribution is -0.101. The molecule has 0 aliphatic carbocycles. The summed E-state index contributed by atoms with van der Waals surface area (Å²) in [4.78, 5) is 0. The average molecular weight is 401 g/mol. The molecular formula is C23H44O5. The molecule has 0 spiro atoms. The van der Waals surface area contributed by atoms with E-state index in [-0.39, 0.29) is 13.2 Å². The summed E-state index contributed by atoms with van der Waals surface area (Å²) in [6, 6.07) is 0. The zero-order valence-electron chi connectivity index (χ0n) is 17.8. The molecule has 0 radical (unpaired) electrons. The quantitative estimate of drug-likeness (QED) is 0.224. The molecule has 5 nitrogen and oxygen atoms in total. The van der Waals surface area contributed by atoms with Crippen LogP contribution in [0.15, 0.2) is 12.7 Å². The first-order valence-corrected chi connectivity index (χ1v) is 11.5. The monoisotopic (exact) mass is 400 g/mol. The summed E-state index contributed by atoms with van der Waals surface area (Å²) in [6.45, 7) is 4.21. The average Bonchev–Trinajstić information content (AvgIpc) is 3.03. The van der Waals surface area contributed by atoms with Gasteiger partial charge in [-0.15, -0.1) is 6.58 Å². The van der Waals surface area contributed by atoms with Crippen LogP contribution in [0.2, 0.25) is 0 Å². The largest absolute Gasteiger partial charge is 0.394 e. The van der Waals surface area contributed by atoms with Gasteiger partial charge in [0, 0.05) is 6.61 Å². The second-order valence-corrected chi connectivity index (χ2v) is 8.12. The van der Waals surface area contributed by atoms with Crippen molar-refractivity contribution in [3.8, 4) is 0 Å². The smallest absolute Gasteiger partial charge is 0.114 e. The summed E-state index contributed by atoms with van der Waals surface area (Å²) in [5.74, 6) is 0. The van der Waals surface area contributed by atoms with Crippen molar-refractivity contribution >= 4 is 0 Å². The van der Waals surface area contributed by atoms with E-state index >= 15 is 0 Å². The molecule has 4 atom stereocenters. The van der Waals surface area contributed by atoms with Crippen molar-refractivity contribution in [2.75, 3.05) is 19.8 Å². The fourth-order valence-corrected chi connectivity index (χ4v) is 3.77. The van der Waals surface area contributed by atoms with E-state index in [0.717, 1.165) is 19.3 Å². The Morgan fingerprint density at radius 2 is 1.36 bits per heavy atom. The number of hydrogen-bond donors (Lipinski definition) is 3. The Bertz CT molecular complexity index is 363. The number of unbranched alkanes of at least 4 members (excludes halogenated alkanes) is 13. The molecule has 0 saturated carbocycles. The number of hydrogen-bond acceptors (Lipinski definition) is 5. The summed E-state index contributed by atoms with van der Waals surface area (Å²) in [5, 5.41) is 28.7. The minimum atomic E-state index is -0.977. The molecule has 0 unspecified atom stereocenters. The number of allylic oxidation sites excluding steroid dienone is 1. The molecule has 0 aromatic carbocycles. The first-order chi connectivity index (χ1) is 13.7. The van der Waals surface area contributed by atoms with E-state index < -0.39 is 24.4 Å². The van der Waals surface area contributed by atoms with Gasteiger partial charge in [0.05, 0.1) is 13.2 Å². The number of aliphatic hydroxyl groups excluding tert-OH is 3. The van der Waals surface area contributed by atoms with E-state index in [0.29, 0.717) is 6.61 Å². The Kier molecular flexibility index (Phi) is 15.9. The summed E-state index contributed by atoms with van der Waals surface area (Å²) in [5.41, 5.74) is 0. The molecule has 1 aliphatic heterocycles. The fraction of sp³-hybridized carbons (Fsp3) is 0.913. The number of ether oxygens (including phenoxy) is 2. The van der Waals surface area contributed by atoms with Crippen molar-refractivity contribution in [3.05, 3.63) is 12.7 Å². The Hall–Kier alpha value is -0.460. The highest BCUT2D eigenvalue weighted by atomic mass is 16.6. The second kappa shape index (κ2) is 17.4. The summed E-state index contributed by atoms with van der Waals surface area (Å²) >= 11 is 0. The van der Waals surface area contributed by atoms with Gasteiger partial charge in [-0.1, -0.05) is 76.7 Å². The molecular weight excluding hydrogens is 356 g/mol. The third-order valence-electron chi connectivity index (χ3n) is 5.62. The van der Waals surface area contributed by atoms with Crippen LogP contribution in [-0.4, -0.2) is 59.6 Å². The Morgan fingerprint density at radius 1 is 0.857 bits per heavy atom. The van der Waals surface area contributed by atoms with E-state index in [4.69, 9.17) is 9.47 Å². The van der Waals surface area contributed by atoms with E-state index in [1.165, 1.54) is 70.6 Å². The molecule has 166 valence electrons. The molecule has 0 bridgehead atoms. The number of aliphatic hydroxyl groups is 3. The van der Waals surface area contributed by atoms with Crippen LogP contribution in [0.3, 0.4) is 0 Å². The second-order valence-electron chi connectivity index (χ2n) is 8.12. The standard InChI is InChI=1S/C23H44O5/c1-2-3-4-5-6-7-8-9-10-11-12-13-14-15-16-17-27-21(18-24)23-22(26)20(25)19-28-23/h2,20-26H,1,3-19H2/t20-,21+,22-,23-/m1/s1. The van der Waals surface area contributed by atoms with Crippen LogP contribution in [0.4, 0.5) is 0 Å². The van der Waals surface area contributed by atoms with E-state index in [1.54, 1.807) is 0 Å². The van der Waals surface area contributed by atoms with Crippen LogP contribution in [-0.2, 0) is 9.47 Å². The molecule has 3 N–H and O–H groups in total. The molecule has 1 saturated heterocycles. The van der Waals surface area contributed by atoms with Crippen molar-refractivity contribution in [3.63, 3.8) is 0 Å². The summed E-state index contributed by atoms with van der Waals surface area (Å²) in [6.07, 6.45) is 16.9. The first kappa shape index (κ1) is 25.6. The van der Waals surface area contributed by atoms with Gasteiger partial charge < -0.3 is 24.8 Å². The minimum Gasteiger partial charge on any atom is -0.394 e. The Labute approximate surface area is 172 Å². The van der Waals surface area contributed by atoms with Gasteiger partial charge in [-0.25, -0.2) is 0 Å². The van der Waals surface area contributed by atoms with Gasteiger partial charge >= 0.3 is 0 Å². The topological polar surface area (TPSA) is 79.2 Å². The van der Waals surface area contributed by atoms with Gasteiger partial charge in [0.15, 0.2) is 0 Å². The van der Waals surface area contributed by atoms with Gasteiger partial charge in [0.2, 0.25) is 0 Å². The maximum atomic E-state index is 9.82. The van der Waals surface area contributed by atoms with Crippen LogP contribution in [0.5, 0.6) is 0 Å². The molecule has 1 fully saturated rings. The lowest BCUT2D eigenvalue weighted by Gasteiger charge is -2.24. The van der Waals surface area contributed by atoms with Crippen LogP contribution in [0.25, 0.3) is 0 Å². The normalized spacial score (nSPS) is 23.2. The maximum Gasteiger partial charge on any atom is 0.114 e. The van der Waals surface area contributed by atoms with E-state index in [9.17, 15) is 15.3 Å². The van der Waals surface area contributed by atoms with E-state index in [2.05, 4.69) is 6.58 Å². The number of rotatable bonds is 19. The lowest BCUT2D eigenvalue weighted by Crippen LogP contribution is -2.42. The maximum absolute atomic E-state index is 9.82. The van der Waals surface area contributed by atoms with Crippen molar-refractivity contribution in [2.24, 2.45) is 0 Å². The van der Waals surface area contributed by atoms with Crippen LogP contribution < -0.4 is 0 Å². The van der Waals surface area contributed by atoms with Gasteiger partial charge in [-0.2, -0.15) is 0 Å². The van der Waals surface area contributed by atoms with Crippen molar-refractivity contribution < 1.29 is 24.8 Å². The Morgan fingerprint density at radius 3 is 1.79 bits per heavy atom. The SMILES string of the molecule is C=CCCCCCCCCCCCCCCCO[C@@H](CO)[C@H]1OC[C@@H](O)[C@H]1O. The van der Waals surface area contributed by atoms with Crippen molar-refractivity contribution in [1.29, 1.82) is 0 Å². The fourth-order valence-electron chi connectivity index (χ4n) is 3.77. The van der Waals surface area contributed by atoms with Gasteiger partial charge in [0.25, 0.3) is 0 Å². The first-order valence-electron chi connectivity index (χ1n) is 11.5. The highest BCUT2D eigenvalue weighted by molar-refractivity contribution is 4.88. The predicted molar refractivity (Wildman–Crippen MR) is 113 cm³/mol. The molecule has 1 rings (SSSR count). The molecule has 0 aromatic rings. The Balaban J connectivity index is 1.83. The molecule has 28 heavy (non-hydrogen) atoms. The zero-order chi connectivity index (χ0) is 20.5. The third kappa shape index (κ3) is 11.5. The zero-order valence-corrected chi connectivity index (χ0v) is 17.8. The van der Waals surface area contributed by atoms with Crippen LogP contribution in [0.1, 0.15) is 89.9 Å². The molecule has 0 amide bonds. The van der Waals surface area contributed by atoms with Crippen LogP contribution >= 0.6 is 0 Å². The van der Waals surface area contributed by atoms with Crippen molar-refractivity contribution in [1.82, 2.24) is 0 Å². The predicted octanol–water partition coefficient (Wildman–Crippen LogP) is 4.13. The minimum absolute atomic E-state index is 0.0986. The molecule has 1 aliphatic rings. The summed E-state index contributed by atoms with van der Waals surface area (Å²) < 4.78 is 11.0. The highest BCUT2D eigenvalue weighted by Crippen LogP contribution is 2.20. The van der Waals surface area contributed by atoms with Gasteiger partial charge in [0.1, 0.15) is 24.4 Å². The van der Waals surface area contributed by atoms with Crippen molar-refractivity contribution in [2.45, 2.75) is 114 Å². The summed E-state index contributed by atoms with van der Waals surface area (Å²) in [7, 11) is 0. The van der Waals surface area contributed by atoms with E-state index in [1.807, 2.05) is 6.08 Å². The molecule has 1 heterocycles. The third-order valence-corrected chi connectivity index (χ3v) is 5.62. The molecule has 5 heteroatoms. The lowest BCUT2D eigenvalue weighted by atomic mass is 10.0. The van der Waals surface area contributed by atoms with Gasteiger partial charge in [-0.3, -0.25) is 0 Å². The van der Waals surface area contributed by atoms with Crippen LogP contribution in [0, 0.1) is 0 Å². The molecule has 0 aromatic heterocycles. The van der Waals surface area contributed by atoms with Gasteiger partial charge in [-0.05, 0) is 19.3 Å². The highest BCUT2D eigenvalue weighted by Gasteiger charge is 2.40.